The number of nitrogens with zero attached hydrogens (tertiary/aromatic N) is 3. The van der Waals surface area contributed by atoms with Gasteiger partial charge in [-0.15, -0.1) is 0 Å². The first-order valence-electron chi connectivity index (χ1n) is 12.6. The fourth-order valence-electron chi connectivity index (χ4n) is 5.70. The molecule has 8 heteroatoms. The minimum absolute atomic E-state index is 0.0167. The maximum Gasteiger partial charge on any atom is 0.253 e. The molecule has 3 aromatic carbocycles. The Bertz CT molecular complexity index is 1280. The molecule has 0 saturated carbocycles. The summed E-state index contributed by atoms with van der Waals surface area (Å²) in [5, 5.41) is 11.6. The quantitative estimate of drug-likeness (QED) is 0.574. The van der Waals surface area contributed by atoms with Crippen molar-refractivity contribution in [2.24, 2.45) is 0 Å². The molecule has 0 aliphatic carbocycles. The largest absolute Gasteiger partial charge is 0.457 e. The summed E-state index contributed by atoms with van der Waals surface area (Å²) < 4.78 is 6.06. The number of β-amino-alcohol motifs (C(OH)–C–C–N with tert-alkyl or cyclic N) is 1. The number of piperazine rings is 1. The maximum atomic E-state index is 13.9. The van der Waals surface area contributed by atoms with Crippen molar-refractivity contribution in [3.63, 3.8) is 0 Å². The van der Waals surface area contributed by atoms with Crippen molar-refractivity contribution in [2.75, 3.05) is 39.3 Å². The molecule has 6 rings (SSSR count). The summed E-state index contributed by atoms with van der Waals surface area (Å²) in [6.45, 7) is 3.17. The third-order valence-electron chi connectivity index (χ3n) is 7.66. The highest BCUT2D eigenvalue weighted by atomic mass is 35.5. The van der Waals surface area contributed by atoms with Gasteiger partial charge in [0.2, 0.25) is 5.91 Å². The van der Waals surface area contributed by atoms with Gasteiger partial charge >= 0.3 is 0 Å². The van der Waals surface area contributed by atoms with E-state index in [4.69, 9.17) is 16.3 Å². The monoisotopic (exact) mass is 517 g/mol. The molecule has 3 aliphatic heterocycles. The predicted octanol–water partition coefficient (Wildman–Crippen LogP) is 3.61. The summed E-state index contributed by atoms with van der Waals surface area (Å²) in [5.41, 5.74) is 2.31. The highest BCUT2D eigenvalue weighted by molar-refractivity contribution is 6.30. The van der Waals surface area contributed by atoms with Crippen molar-refractivity contribution >= 4 is 23.4 Å². The molecule has 0 bridgehead atoms. The van der Waals surface area contributed by atoms with Crippen molar-refractivity contribution in [2.45, 2.75) is 18.1 Å². The highest BCUT2D eigenvalue weighted by Gasteiger charge is 2.43. The normalized spacial score (nSPS) is 21.8. The second-order valence-corrected chi connectivity index (χ2v) is 10.3. The van der Waals surface area contributed by atoms with Gasteiger partial charge in [-0.1, -0.05) is 48.0 Å². The first kappa shape index (κ1) is 24.0. The van der Waals surface area contributed by atoms with Gasteiger partial charge in [-0.2, -0.15) is 0 Å². The van der Waals surface area contributed by atoms with Crippen LogP contribution < -0.4 is 4.74 Å². The molecule has 3 aromatic rings. The fraction of sp³-hybridized carbons (Fsp3) is 0.310. The SMILES string of the molecule is O=C(c1ccc(Cl)cc1)N1CCN([C@@H]2CN(C(=O)C3c4ccccc4Oc4ccccc43)C[C@H]2O)CC1. The van der Waals surface area contributed by atoms with Gasteiger partial charge in [-0.25, -0.2) is 0 Å². The van der Waals surface area contributed by atoms with E-state index in [9.17, 15) is 14.7 Å². The van der Waals surface area contributed by atoms with E-state index in [-0.39, 0.29) is 24.4 Å². The smallest absolute Gasteiger partial charge is 0.253 e. The van der Waals surface area contributed by atoms with Gasteiger partial charge < -0.3 is 19.6 Å². The molecule has 1 N–H and O–H groups in total. The molecule has 0 radical (unpaired) electrons. The van der Waals surface area contributed by atoms with Gasteiger partial charge in [0.05, 0.1) is 18.1 Å². The third-order valence-corrected chi connectivity index (χ3v) is 7.91. The number of aliphatic hydroxyl groups is 1. The molecule has 2 amide bonds. The molecule has 2 atom stereocenters. The van der Waals surface area contributed by atoms with Crippen LogP contribution in [0.5, 0.6) is 11.5 Å². The minimum Gasteiger partial charge on any atom is -0.457 e. The molecule has 0 spiro atoms. The number of carbonyl (C=O) groups is 2. The first-order chi connectivity index (χ1) is 18.0. The van der Waals surface area contributed by atoms with Gasteiger partial charge in [0, 0.05) is 61.0 Å². The van der Waals surface area contributed by atoms with Crippen molar-refractivity contribution in [3.8, 4) is 11.5 Å². The van der Waals surface area contributed by atoms with Crippen LogP contribution in [0, 0.1) is 0 Å². The van der Waals surface area contributed by atoms with Crippen molar-refractivity contribution in [1.29, 1.82) is 0 Å². The highest BCUT2D eigenvalue weighted by Crippen LogP contribution is 2.45. The molecular weight excluding hydrogens is 490 g/mol. The number of benzene rings is 3. The van der Waals surface area contributed by atoms with Gasteiger partial charge in [-0.3, -0.25) is 14.5 Å². The fourth-order valence-corrected chi connectivity index (χ4v) is 5.82. The number of ether oxygens (including phenoxy) is 1. The van der Waals surface area contributed by atoms with Crippen LogP contribution in [-0.2, 0) is 4.79 Å². The van der Waals surface area contributed by atoms with Crippen LogP contribution in [0.3, 0.4) is 0 Å². The van der Waals surface area contributed by atoms with Crippen LogP contribution >= 0.6 is 11.6 Å². The maximum absolute atomic E-state index is 13.9. The second kappa shape index (κ2) is 9.82. The number of hydrogen-bond donors (Lipinski definition) is 1. The Kier molecular flexibility index (Phi) is 6.36. The lowest BCUT2D eigenvalue weighted by atomic mass is 9.87. The topological polar surface area (TPSA) is 73.3 Å². The van der Waals surface area contributed by atoms with Gasteiger partial charge in [0.15, 0.2) is 0 Å². The van der Waals surface area contributed by atoms with E-state index in [1.165, 1.54) is 0 Å². The molecule has 3 aliphatic rings. The van der Waals surface area contributed by atoms with Crippen LogP contribution in [-0.4, -0.2) is 83.0 Å². The molecule has 2 fully saturated rings. The summed E-state index contributed by atoms with van der Waals surface area (Å²) in [4.78, 5) is 32.6. The number of carbonyl (C=O) groups excluding carboxylic acids is 2. The molecule has 0 unspecified atom stereocenters. The Labute approximate surface area is 220 Å². The average molecular weight is 518 g/mol. The lowest BCUT2D eigenvalue weighted by molar-refractivity contribution is -0.131. The predicted molar refractivity (Wildman–Crippen MR) is 140 cm³/mol. The Morgan fingerprint density at radius 3 is 2.00 bits per heavy atom. The van der Waals surface area contributed by atoms with Crippen molar-refractivity contribution in [3.05, 3.63) is 94.5 Å². The molecule has 3 heterocycles. The van der Waals surface area contributed by atoms with Crippen LogP contribution in [0.15, 0.2) is 72.8 Å². The summed E-state index contributed by atoms with van der Waals surface area (Å²) in [7, 11) is 0. The molecule has 2 saturated heterocycles. The Morgan fingerprint density at radius 2 is 1.38 bits per heavy atom. The van der Waals surface area contributed by atoms with Gasteiger partial charge in [0.1, 0.15) is 11.5 Å². The van der Waals surface area contributed by atoms with Gasteiger partial charge in [-0.05, 0) is 36.4 Å². The van der Waals surface area contributed by atoms with Crippen LogP contribution in [0.1, 0.15) is 27.4 Å². The minimum atomic E-state index is -0.646. The zero-order valence-corrected chi connectivity index (χ0v) is 21.1. The number of likely N-dealkylation sites (tertiary alicyclic amines) is 1. The number of hydrogen-bond acceptors (Lipinski definition) is 5. The Morgan fingerprint density at radius 1 is 0.784 bits per heavy atom. The van der Waals surface area contributed by atoms with E-state index in [1.807, 2.05) is 53.4 Å². The van der Waals surface area contributed by atoms with Gasteiger partial charge in [0.25, 0.3) is 5.91 Å². The number of fused-ring (bicyclic) bond motifs is 2. The van der Waals surface area contributed by atoms with E-state index in [1.54, 1.807) is 29.2 Å². The standard InChI is InChI=1S/C29H28ClN3O4/c30-20-11-9-19(10-12-20)28(35)32-15-13-31(14-16-32)23-17-33(18-24(23)34)29(36)27-21-5-1-3-7-25(21)37-26-8-4-2-6-22(26)27/h1-12,23-24,27,34H,13-18H2/t23-,24-/m1/s1. The van der Waals surface area contributed by atoms with Crippen LogP contribution in [0.25, 0.3) is 0 Å². The number of para-hydroxylation sites is 2. The summed E-state index contributed by atoms with van der Waals surface area (Å²) in [6.07, 6.45) is -0.646. The second-order valence-electron chi connectivity index (χ2n) is 9.82. The average Bonchev–Trinajstić information content (AvgIpc) is 3.33. The van der Waals surface area contributed by atoms with E-state index in [0.717, 1.165) is 11.1 Å². The zero-order chi connectivity index (χ0) is 25.5. The number of aliphatic hydroxyl groups excluding tert-OH is 1. The van der Waals surface area contributed by atoms with Crippen LogP contribution in [0.4, 0.5) is 0 Å². The lowest BCUT2D eigenvalue weighted by Gasteiger charge is -2.38. The molecule has 190 valence electrons. The Balaban J connectivity index is 1.14. The van der Waals surface area contributed by atoms with E-state index >= 15 is 0 Å². The molecule has 0 aromatic heterocycles. The molecular formula is C29H28ClN3O4. The first-order valence-corrected chi connectivity index (χ1v) is 13.0. The van der Waals surface area contributed by atoms with Crippen molar-refractivity contribution in [1.82, 2.24) is 14.7 Å². The molecule has 7 nitrogen and oxygen atoms in total. The van der Waals surface area contributed by atoms with Crippen LogP contribution in [0.2, 0.25) is 5.02 Å². The van der Waals surface area contributed by atoms with E-state index in [0.29, 0.717) is 54.8 Å². The Hall–Kier alpha value is -3.39. The summed E-state index contributed by atoms with van der Waals surface area (Å²) in [6, 6.07) is 22.1. The summed E-state index contributed by atoms with van der Waals surface area (Å²) in [5.74, 6) is 0.869. The van der Waals surface area contributed by atoms with E-state index in [2.05, 4.69) is 4.90 Å². The zero-order valence-electron chi connectivity index (χ0n) is 20.3. The molecule has 37 heavy (non-hydrogen) atoms. The number of halogens is 1. The number of rotatable bonds is 3. The lowest BCUT2D eigenvalue weighted by Crippen LogP contribution is -2.55. The van der Waals surface area contributed by atoms with E-state index < -0.39 is 12.0 Å². The summed E-state index contributed by atoms with van der Waals surface area (Å²) >= 11 is 5.95. The number of amides is 2. The third kappa shape index (κ3) is 4.48. The van der Waals surface area contributed by atoms with Crippen molar-refractivity contribution < 1.29 is 19.4 Å².